The quantitative estimate of drug-likeness (QED) is 0.289. The van der Waals surface area contributed by atoms with Crippen LogP contribution in [-0.4, -0.2) is 20.3 Å². The molecule has 0 radical (unpaired) electrons. The second kappa shape index (κ2) is 7.99. The van der Waals surface area contributed by atoms with Crippen LogP contribution in [0.15, 0.2) is 97.1 Å². The molecule has 0 aliphatic rings. The van der Waals surface area contributed by atoms with Crippen molar-refractivity contribution in [3.05, 3.63) is 130 Å². The highest BCUT2D eigenvalue weighted by atomic mass is 35.5. The lowest BCUT2D eigenvalue weighted by Crippen LogP contribution is -2.32. The van der Waals surface area contributed by atoms with Crippen molar-refractivity contribution in [3.63, 3.8) is 0 Å². The van der Waals surface area contributed by atoms with Gasteiger partial charge in [0.15, 0.2) is 0 Å². The number of H-pyrrole nitrogens is 1. The van der Waals surface area contributed by atoms with Gasteiger partial charge in [-0.1, -0.05) is 103 Å². The van der Waals surface area contributed by atoms with Crippen molar-refractivity contribution in [3.8, 4) is 0 Å². The molecule has 5 heteroatoms. The molecule has 0 atom stereocenters. The van der Waals surface area contributed by atoms with Crippen molar-refractivity contribution in [2.75, 3.05) is 0 Å². The number of aromatic nitrogens is 3. The third-order valence-corrected chi connectivity index (χ3v) is 5.91. The molecule has 0 aliphatic carbocycles. The molecule has 3 aromatic carbocycles. The fourth-order valence-electron chi connectivity index (χ4n) is 4.43. The van der Waals surface area contributed by atoms with E-state index in [1.807, 2.05) is 54.6 Å². The lowest BCUT2D eigenvalue weighted by Gasteiger charge is -2.36. The van der Waals surface area contributed by atoms with Gasteiger partial charge in [-0.25, -0.2) is 4.98 Å². The Balaban J connectivity index is 2.02. The van der Waals surface area contributed by atoms with E-state index in [9.17, 15) is 5.11 Å². The van der Waals surface area contributed by atoms with Gasteiger partial charge < -0.3 is 5.11 Å². The molecule has 0 bridgehead atoms. The molecule has 152 valence electrons. The number of benzene rings is 3. The van der Waals surface area contributed by atoms with Gasteiger partial charge in [0.2, 0.25) is 0 Å². The SMILES string of the molecule is OCc1[nH]nc2cc(Cl)nc(C(c3ccccc3)(c3ccccc3)c3ccccc3)c12. The average Bonchev–Trinajstić information content (AvgIpc) is 3.24. The first kappa shape index (κ1) is 19.5. The first-order chi connectivity index (χ1) is 15.2. The van der Waals surface area contributed by atoms with E-state index < -0.39 is 5.41 Å². The molecule has 0 unspecified atom stereocenters. The molecule has 2 heterocycles. The summed E-state index contributed by atoms with van der Waals surface area (Å²) in [5.74, 6) is 0. The predicted octanol–water partition coefficient (Wildman–Crippen LogP) is 5.49. The van der Waals surface area contributed by atoms with Crippen LogP contribution in [0.4, 0.5) is 0 Å². The Bertz CT molecular complexity index is 1220. The highest BCUT2D eigenvalue weighted by molar-refractivity contribution is 6.30. The largest absolute Gasteiger partial charge is 0.390 e. The molecule has 0 saturated heterocycles. The lowest BCUT2D eigenvalue weighted by molar-refractivity contribution is 0.278. The zero-order chi connectivity index (χ0) is 21.3. The first-order valence-corrected chi connectivity index (χ1v) is 10.4. The fourth-order valence-corrected chi connectivity index (χ4v) is 4.62. The van der Waals surface area contributed by atoms with Gasteiger partial charge in [-0.15, -0.1) is 0 Å². The van der Waals surface area contributed by atoms with Gasteiger partial charge in [0.25, 0.3) is 0 Å². The number of hydrogen-bond donors (Lipinski definition) is 2. The van der Waals surface area contributed by atoms with E-state index >= 15 is 0 Å². The molecule has 2 aromatic heterocycles. The summed E-state index contributed by atoms with van der Waals surface area (Å²) >= 11 is 6.52. The maximum Gasteiger partial charge on any atom is 0.131 e. The zero-order valence-electron chi connectivity index (χ0n) is 16.7. The van der Waals surface area contributed by atoms with Crippen LogP contribution in [0, 0.1) is 0 Å². The Morgan fingerprint density at radius 1 is 0.774 bits per heavy atom. The van der Waals surface area contributed by atoms with Crippen molar-refractivity contribution < 1.29 is 5.11 Å². The van der Waals surface area contributed by atoms with Gasteiger partial charge in [-0.2, -0.15) is 5.10 Å². The smallest absolute Gasteiger partial charge is 0.131 e. The Kier molecular flexibility index (Phi) is 5.02. The molecular weight excluding hydrogens is 406 g/mol. The van der Waals surface area contributed by atoms with Crippen molar-refractivity contribution in [1.82, 2.24) is 15.2 Å². The summed E-state index contributed by atoms with van der Waals surface area (Å²) in [5, 5.41) is 18.6. The second-order valence-corrected chi connectivity index (χ2v) is 7.78. The molecule has 0 aliphatic heterocycles. The molecule has 4 nitrogen and oxygen atoms in total. The van der Waals surface area contributed by atoms with E-state index in [4.69, 9.17) is 16.6 Å². The third kappa shape index (κ3) is 3.12. The maximum atomic E-state index is 10.1. The summed E-state index contributed by atoms with van der Waals surface area (Å²) in [6, 6.07) is 32.5. The van der Waals surface area contributed by atoms with Gasteiger partial charge in [0, 0.05) is 11.5 Å². The number of pyridine rings is 1. The fraction of sp³-hybridized carbons (Fsp3) is 0.0769. The molecule has 0 amide bonds. The van der Waals surface area contributed by atoms with Crippen molar-refractivity contribution in [1.29, 1.82) is 0 Å². The number of nitrogens with zero attached hydrogens (tertiary/aromatic N) is 2. The summed E-state index contributed by atoms with van der Waals surface area (Å²) in [5.41, 5.74) is 4.40. The number of rotatable bonds is 5. The average molecular weight is 426 g/mol. The van der Waals surface area contributed by atoms with Crippen LogP contribution < -0.4 is 0 Å². The van der Waals surface area contributed by atoms with Crippen LogP contribution in [0.2, 0.25) is 5.15 Å². The summed E-state index contributed by atoms with van der Waals surface area (Å²) < 4.78 is 0. The predicted molar refractivity (Wildman–Crippen MR) is 123 cm³/mol. The number of aliphatic hydroxyl groups is 1. The minimum Gasteiger partial charge on any atom is -0.390 e. The van der Waals surface area contributed by atoms with E-state index in [1.165, 1.54) is 0 Å². The number of nitrogens with one attached hydrogen (secondary N) is 1. The molecule has 0 saturated carbocycles. The van der Waals surface area contributed by atoms with Crippen LogP contribution in [0.5, 0.6) is 0 Å². The van der Waals surface area contributed by atoms with Crippen molar-refractivity contribution in [2.24, 2.45) is 0 Å². The van der Waals surface area contributed by atoms with Crippen molar-refractivity contribution >= 4 is 22.5 Å². The van der Waals surface area contributed by atoms with Gasteiger partial charge >= 0.3 is 0 Å². The van der Waals surface area contributed by atoms with E-state index in [2.05, 4.69) is 46.6 Å². The highest BCUT2D eigenvalue weighted by Crippen LogP contribution is 2.47. The van der Waals surface area contributed by atoms with Crippen LogP contribution >= 0.6 is 11.6 Å². The summed E-state index contributed by atoms with van der Waals surface area (Å²) in [6.07, 6.45) is 0. The standard InChI is InChI=1S/C26H20ClN3O/c27-23-16-21-24(22(17-31)30-29-21)25(28-23)26(18-10-4-1-5-11-18,19-12-6-2-7-13-19)20-14-8-3-9-15-20/h1-16,31H,17H2,(H,29,30). The Morgan fingerprint density at radius 3 is 1.71 bits per heavy atom. The Morgan fingerprint density at radius 2 is 1.26 bits per heavy atom. The van der Waals surface area contributed by atoms with Crippen LogP contribution in [0.3, 0.4) is 0 Å². The normalized spacial score (nSPS) is 11.7. The molecule has 5 rings (SSSR count). The number of fused-ring (bicyclic) bond motifs is 1. The van der Waals surface area contributed by atoms with Crippen LogP contribution in [0.25, 0.3) is 10.9 Å². The highest BCUT2D eigenvalue weighted by Gasteiger charge is 2.42. The number of hydrogen-bond acceptors (Lipinski definition) is 3. The number of aliphatic hydroxyl groups excluding tert-OH is 1. The molecule has 2 N–H and O–H groups in total. The van der Waals surface area contributed by atoms with Crippen molar-refractivity contribution in [2.45, 2.75) is 12.0 Å². The van der Waals surface area contributed by atoms with E-state index in [-0.39, 0.29) is 6.61 Å². The van der Waals surface area contributed by atoms with Gasteiger partial charge in [-0.05, 0) is 16.7 Å². The Labute approximate surface area is 185 Å². The minimum absolute atomic E-state index is 0.179. The van der Waals surface area contributed by atoms with Gasteiger partial charge in [0.05, 0.1) is 28.9 Å². The monoisotopic (exact) mass is 425 g/mol. The van der Waals surface area contributed by atoms with Crippen LogP contribution in [0.1, 0.15) is 28.1 Å². The summed E-state index contributed by atoms with van der Waals surface area (Å²) in [4.78, 5) is 4.88. The Hall–Kier alpha value is -3.47. The molecule has 31 heavy (non-hydrogen) atoms. The maximum absolute atomic E-state index is 10.1. The molecule has 0 fully saturated rings. The summed E-state index contributed by atoms with van der Waals surface area (Å²) in [6.45, 7) is -0.179. The van der Waals surface area contributed by atoms with E-state index in [1.54, 1.807) is 6.07 Å². The van der Waals surface area contributed by atoms with Gasteiger partial charge in [0.1, 0.15) is 5.15 Å². The topological polar surface area (TPSA) is 61.8 Å². The minimum atomic E-state index is -0.763. The van der Waals surface area contributed by atoms with E-state index in [0.717, 1.165) is 27.8 Å². The summed E-state index contributed by atoms with van der Waals surface area (Å²) in [7, 11) is 0. The molecular formula is C26H20ClN3O. The lowest BCUT2D eigenvalue weighted by atomic mass is 9.66. The zero-order valence-corrected chi connectivity index (χ0v) is 17.4. The third-order valence-electron chi connectivity index (χ3n) is 5.71. The van der Waals surface area contributed by atoms with Gasteiger partial charge in [-0.3, -0.25) is 5.10 Å². The number of halogens is 1. The second-order valence-electron chi connectivity index (χ2n) is 7.40. The molecule has 0 spiro atoms. The van der Waals surface area contributed by atoms with Crippen LogP contribution in [-0.2, 0) is 12.0 Å². The molecule has 5 aromatic rings. The van der Waals surface area contributed by atoms with E-state index in [0.29, 0.717) is 16.4 Å². The first-order valence-electron chi connectivity index (χ1n) is 10.1. The number of aromatic amines is 1.